The van der Waals surface area contributed by atoms with E-state index in [9.17, 15) is 57.5 Å². The highest BCUT2D eigenvalue weighted by Crippen LogP contribution is 2.38. The Morgan fingerprint density at radius 1 is 0.276 bits per heavy atom. The number of hydrogen-bond donors (Lipinski definition) is 4. The molecule has 4 saturated heterocycles. The van der Waals surface area contributed by atoms with Crippen LogP contribution in [0.5, 0.6) is 0 Å². The standard InChI is InChI=1S/C30H55NO5.C29H49NO5.C26H47NO5.C25H45NO5/c1-5-7-9-11-12-13-14-15-16-17-19-25(35-30(34)27(31-23-32)21-24(3)4)22-28-26(29(33)36-28)20-18-10-8-6-2;1-5-7-9-11-12-13-14-15-16-18-24(34-29(33)26(30-22-31)20-23(3)4)21-27-25(28(32)35-27)19-17-10-8-6-2;1-5-7-9-11-12-13-15-21(31-26(30)23(27-19-28)17-20(3)4)18-24-22(25(29)32-24)16-14-10-8-6-2;1-5-7-9-11-12-14-20(30-25(29)22(26-18-27)16-19(3)4)17-23-21(24(28)31-23)15-13-10-8-6-2/h23-28H,5-22H2,1-4H3,(H,31,32);12-13,15-16,22-27H,5-11,14,17-21H2,1-4H3,(H,30,31);19-24H,5-18H2,1-4H3,(H,27,28);18-23H,5-17H2,1-4H3,(H,26,27)/b;13-12-,16-15-;;/t25-,26-,27-,28-;24-,25-,26-,27-;21-,22-,23-,24-;20-,21-,22-,23-/m0000/s1. The van der Waals surface area contributed by atoms with Crippen molar-refractivity contribution in [3.05, 3.63) is 24.3 Å². The SMILES string of the molecule is CCCCC/C=C\C/C=C\C[C@@H](C[C@@H]1OC(=O)[C@H]1CCCCCC)OC(=O)[C@H](CC(C)C)NC=O.CCCCCCCCCCCC[C@@H](C[C@@H]1OC(=O)[C@H]1CCCCCC)OC(=O)[C@H](CC(C)C)NC=O.CCCCCCCC[C@@H](C[C@@H]1OC(=O)[C@H]1CCCCCC)OC(=O)[C@H](CC(C)C)NC=O.CCCCCCC[C@@H](C[C@@H]1OC(=O)[C@H]1CCCCCC)OC(=O)[C@H](CC(C)C)NC=O. The van der Waals surface area contributed by atoms with E-state index in [1.807, 2.05) is 61.5 Å². The van der Waals surface area contributed by atoms with Crippen LogP contribution in [0.25, 0.3) is 0 Å². The second-order valence-electron chi connectivity index (χ2n) is 40.4. The number of cyclic esters (lactones) is 4. The van der Waals surface area contributed by atoms with Crippen molar-refractivity contribution in [3.8, 4) is 0 Å². The highest BCUT2D eigenvalue weighted by Gasteiger charge is 2.47. The molecule has 0 spiro atoms. The molecule has 4 fully saturated rings. The summed E-state index contributed by atoms with van der Waals surface area (Å²) in [4.78, 5) is 143. The zero-order valence-corrected chi connectivity index (χ0v) is 87.3. The van der Waals surface area contributed by atoms with Crippen molar-refractivity contribution in [2.45, 2.75) is 556 Å². The maximum absolute atomic E-state index is 12.9. The Balaban J connectivity index is 0.000000895. The van der Waals surface area contributed by atoms with Gasteiger partial charge in [-0.1, -0.05) is 366 Å². The van der Waals surface area contributed by atoms with Gasteiger partial charge in [0.1, 0.15) is 73.0 Å². The number of hydrogen-bond acceptors (Lipinski definition) is 20. The average molecular weight is 1890 g/mol. The van der Waals surface area contributed by atoms with Crippen LogP contribution in [0.4, 0.5) is 0 Å². The quantitative estimate of drug-likeness (QED) is 0.0144. The summed E-state index contributed by atoms with van der Waals surface area (Å²) in [5, 5.41) is 10.4. The molecule has 4 aliphatic heterocycles. The summed E-state index contributed by atoms with van der Waals surface area (Å²) in [5.41, 5.74) is 0. The molecule has 4 aliphatic rings. The molecular weight excluding hydrogens is 1700 g/mol. The summed E-state index contributed by atoms with van der Waals surface area (Å²) in [6.07, 6.45) is 68.2. The van der Waals surface area contributed by atoms with Crippen molar-refractivity contribution in [2.75, 3.05) is 0 Å². The average Bonchev–Trinajstić information content (AvgIpc) is 0.824. The predicted octanol–water partition coefficient (Wildman–Crippen LogP) is 24.7. The van der Waals surface area contributed by atoms with E-state index in [1.54, 1.807) is 0 Å². The lowest BCUT2D eigenvalue weighted by molar-refractivity contribution is -0.191. The summed E-state index contributed by atoms with van der Waals surface area (Å²) >= 11 is 0. The summed E-state index contributed by atoms with van der Waals surface area (Å²) < 4.78 is 45.3. The Bertz CT molecular complexity index is 3110. The topological polar surface area (TPSA) is 327 Å². The molecule has 0 aliphatic carbocycles. The van der Waals surface area contributed by atoms with Gasteiger partial charge in [0.2, 0.25) is 25.6 Å². The normalized spacial score (nSPS) is 19.5. The van der Waals surface area contributed by atoms with Crippen LogP contribution >= 0.6 is 0 Å². The lowest BCUT2D eigenvalue weighted by atomic mass is 9.86. The molecule has 24 heteroatoms. The number of amides is 4. The maximum Gasteiger partial charge on any atom is 0.328 e. The first-order valence-electron chi connectivity index (χ1n) is 54.4. The minimum absolute atomic E-state index is 0.0716. The number of unbranched alkanes of at least 4 members (excludes halogenated alkanes) is 33. The van der Waals surface area contributed by atoms with Crippen molar-refractivity contribution in [1.82, 2.24) is 21.3 Å². The Morgan fingerprint density at radius 3 is 0.716 bits per heavy atom. The fraction of sp³-hybridized carbons (Fsp3) is 0.855. The molecule has 4 N–H and O–H groups in total. The third-order valence-corrected chi connectivity index (χ3v) is 26.1. The Labute approximate surface area is 813 Å². The van der Waals surface area contributed by atoms with Crippen molar-refractivity contribution < 1.29 is 95.4 Å². The van der Waals surface area contributed by atoms with Crippen molar-refractivity contribution in [2.24, 2.45) is 47.3 Å². The van der Waals surface area contributed by atoms with Gasteiger partial charge in [-0.3, -0.25) is 38.4 Å². The lowest BCUT2D eigenvalue weighted by Crippen LogP contribution is -2.48. The van der Waals surface area contributed by atoms with Gasteiger partial charge in [-0.2, -0.15) is 0 Å². The Kier molecular flexibility index (Phi) is 76.6. The fourth-order valence-electron chi connectivity index (χ4n) is 18.0. The molecule has 0 bridgehead atoms. The molecule has 0 aromatic rings. The molecule has 134 heavy (non-hydrogen) atoms. The van der Waals surface area contributed by atoms with Crippen LogP contribution in [0, 0.1) is 47.3 Å². The predicted molar refractivity (Wildman–Crippen MR) is 536 cm³/mol. The minimum Gasteiger partial charge on any atom is -0.461 e. The zero-order valence-electron chi connectivity index (χ0n) is 87.3. The van der Waals surface area contributed by atoms with Crippen LogP contribution < -0.4 is 21.3 Å². The molecule has 4 amide bonds. The maximum atomic E-state index is 12.9. The number of carbonyl (C=O) groups excluding carboxylic acids is 12. The van der Waals surface area contributed by atoms with Crippen molar-refractivity contribution in [3.63, 3.8) is 0 Å². The summed E-state index contributed by atoms with van der Waals surface area (Å²) in [7, 11) is 0. The van der Waals surface area contributed by atoms with Crippen LogP contribution in [0.2, 0.25) is 0 Å². The second-order valence-corrected chi connectivity index (χ2v) is 40.4. The first-order chi connectivity index (χ1) is 64.7. The number of ether oxygens (including phenoxy) is 8. The van der Waals surface area contributed by atoms with Gasteiger partial charge in [0, 0.05) is 32.1 Å². The van der Waals surface area contributed by atoms with E-state index in [2.05, 4.69) is 94.9 Å². The first kappa shape index (κ1) is 125. The number of allylic oxidation sites excluding steroid dienone is 3. The monoisotopic (exact) mass is 1890 g/mol. The summed E-state index contributed by atoms with van der Waals surface area (Å²) in [6.45, 7) is 33.6. The fourth-order valence-corrected chi connectivity index (χ4v) is 18.0. The van der Waals surface area contributed by atoms with Crippen molar-refractivity contribution >= 4 is 73.4 Å². The molecule has 776 valence electrons. The molecule has 0 saturated carbocycles. The van der Waals surface area contributed by atoms with E-state index in [0.717, 1.165) is 154 Å². The van der Waals surface area contributed by atoms with E-state index < -0.39 is 36.2 Å². The minimum atomic E-state index is -0.668. The van der Waals surface area contributed by atoms with E-state index in [0.29, 0.717) is 83.4 Å². The highest BCUT2D eigenvalue weighted by molar-refractivity contribution is 5.82. The van der Waals surface area contributed by atoms with Crippen molar-refractivity contribution in [1.29, 1.82) is 0 Å². The van der Waals surface area contributed by atoms with Gasteiger partial charge in [0.05, 0.1) is 23.7 Å². The van der Waals surface area contributed by atoms with E-state index >= 15 is 0 Å². The van der Waals surface area contributed by atoms with Gasteiger partial charge in [-0.05, 0) is 133 Å². The molecule has 0 unspecified atom stereocenters. The number of carbonyl (C=O) groups is 12. The largest absolute Gasteiger partial charge is 0.461 e. The smallest absolute Gasteiger partial charge is 0.328 e. The Hall–Kier alpha value is -6.88. The van der Waals surface area contributed by atoms with E-state index in [4.69, 9.17) is 37.9 Å². The van der Waals surface area contributed by atoms with Crippen LogP contribution in [-0.2, 0) is 95.4 Å². The van der Waals surface area contributed by atoms with Crippen LogP contribution in [0.3, 0.4) is 0 Å². The molecule has 24 nitrogen and oxygen atoms in total. The third-order valence-electron chi connectivity index (χ3n) is 26.1. The van der Waals surface area contributed by atoms with Crippen LogP contribution in [0.15, 0.2) is 24.3 Å². The molecule has 4 rings (SSSR count). The van der Waals surface area contributed by atoms with Crippen LogP contribution in [-0.4, -0.2) is 146 Å². The van der Waals surface area contributed by atoms with E-state index in [-0.39, 0.29) is 132 Å². The van der Waals surface area contributed by atoms with Gasteiger partial charge in [-0.25, -0.2) is 19.2 Å². The molecule has 0 radical (unpaired) electrons. The first-order valence-corrected chi connectivity index (χ1v) is 54.4. The summed E-state index contributed by atoms with van der Waals surface area (Å²) in [6, 6.07) is -2.56. The highest BCUT2D eigenvalue weighted by atomic mass is 16.6. The van der Waals surface area contributed by atoms with Gasteiger partial charge in [0.25, 0.3) is 0 Å². The molecule has 0 aromatic heterocycles. The second kappa shape index (κ2) is 82.1. The molecule has 16 atom stereocenters. The number of esters is 8. The number of rotatable bonds is 84. The summed E-state index contributed by atoms with van der Waals surface area (Å²) in [5.74, 6) is -1.35. The van der Waals surface area contributed by atoms with E-state index in [1.165, 1.54) is 161 Å². The Morgan fingerprint density at radius 2 is 0.485 bits per heavy atom. The zero-order chi connectivity index (χ0) is 99.3. The third kappa shape index (κ3) is 60.1. The van der Waals surface area contributed by atoms with Gasteiger partial charge in [-0.15, -0.1) is 0 Å². The van der Waals surface area contributed by atoms with Gasteiger partial charge < -0.3 is 59.2 Å². The lowest BCUT2D eigenvalue weighted by Gasteiger charge is -2.37. The molecule has 0 aromatic carbocycles. The van der Waals surface area contributed by atoms with Gasteiger partial charge >= 0.3 is 47.8 Å². The van der Waals surface area contributed by atoms with Crippen LogP contribution in [0.1, 0.15) is 483 Å². The van der Waals surface area contributed by atoms with Gasteiger partial charge in [0.15, 0.2) is 0 Å². The number of nitrogens with one attached hydrogen (secondary N) is 4. The molecular formula is C110H196N4O20. The molecule has 4 heterocycles.